The van der Waals surface area contributed by atoms with Gasteiger partial charge in [-0.15, -0.1) is 0 Å². The van der Waals surface area contributed by atoms with Crippen molar-refractivity contribution in [1.29, 1.82) is 0 Å². The first-order valence-electron chi connectivity index (χ1n) is 12.3. The third-order valence-electron chi connectivity index (χ3n) is 6.30. The molecular weight excluding hydrogens is 500 g/mol. The number of furan rings is 1. The topological polar surface area (TPSA) is 105 Å². The largest absolute Gasteiger partial charge is 0.467 e. The summed E-state index contributed by atoms with van der Waals surface area (Å²) < 4.78 is 30.2. The normalized spacial score (nSPS) is 11.5. The first kappa shape index (κ1) is 27.1. The second-order valence-corrected chi connectivity index (χ2v) is 11.6. The molecule has 4 aromatic rings. The Bertz CT molecular complexity index is 1510. The minimum absolute atomic E-state index is 0.0339. The molecule has 0 saturated carbocycles. The number of nitrogens with zero attached hydrogens (tertiary/aromatic N) is 3. The molecule has 1 amide bonds. The summed E-state index contributed by atoms with van der Waals surface area (Å²) >= 11 is 0. The van der Waals surface area contributed by atoms with E-state index < -0.39 is 20.9 Å². The quantitative estimate of drug-likeness (QED) is 0.277. The molecule has 2 aromatic heterocycles. The van der Waals surface area contributed by atoms with Crippen molar-refractivity contribution < 1.29 is 17.6 Å². The van der Waals surface area contributed by atoms with Crippen LogP contribution in [-0.4, -0.2) is 30.5 Å². The number of anilines is 2. The van der Waals surface area contributed by atoms with Gasteiger partial charge in [-0.2, -0.15) is 0 Å². The fourth-order valence-electron chi connectivity index (χ4n) is 4.17. The molecule has 0 spiro atoms. The number of aryl methyl sites for hydroxylation is 2. The van der Waals surface area contributed by atoms with Gasteiger partial charge in [0, 0.05) is 18.5 Å². The van der Waals surface area contributed by atoms with E-state index in [1.54, 1.807) is 12.3 Å². The van der Waals surface area contributed by atoms with E-state index >= 15 is 0 Å². The zero-order valence-electron chi connectivity index (χ0n) is 22.2. The number of benzene rings is 2. The van der Waals surface area contributed by atoms with Crippen molar-refractivity contribution in [2.24, 2.45) is 0 Å². The Kier molecular flexibility index (Phi) is 7.97. The molecule has 0 radical (unpaired) electrons. The molecule has 38 heavy (non-hydrogen) atoms. The summed E-state index contributed by atoms with van der Waals surface area (Å²) in [4.78, 5) is 23.9. The van der Waals surface area contributed by atoms with Crippen LogP contribution in [-0.2, 0) is 22.9 Å². The predicted molar refractivity (Wildman–Crippen MR) is 148 cm³/mol. The van der Waals surface area contributed by atoms with Gasteiger partial charge in [-0.25, -0.2) is 18.4 Å². The summed E-state index contributed by atoms with van der Waals surface area (Å²) in [6, 6.07) is 17.6. The Morgan fingerprint density at radius 2 is 1.68 bits per heavy atom. The molecule has 0 bridgehead atoms. The third kappa shape index (κ3) is 6.28. The second-order valence-electron chi connectivity index (χ2n) is 9.71. The first-order chi connectivity index (χ1) is 18.0. The number of nitrogens with one attached hydrogen (secondary N) is 1. The van der Waals surface area contributed by atoms with Gasteiger partial charge in [-0.3, -0.25) is 4.79 Å². The van der Waals surface area contributed by atoms with Crippen molar-refractivity contribution in [1.82, 2.24) is 9.97 Å². The number of hydrogen-bond donors (Lipinski definition) is 1. The molecule has 0 fully saturated rings. The minimum atomic E-state index is -3.75. The van der Waals surface area contributed by atoms with Crippen LogP contribution in [0.15, 0.2) is 76.6 Å². The monoisotopic (exact) mass is 532 g/mol. The molecule has 0 aliphatic carbocycles. The average molecular weight is 533 g/mol. The molecule has 0 aliphatic rings. The lowest BCUT2D eigenvalue weighted by Gasteiger charge is -2.26. The van der Waals surface area contributed by atoms with Crippen LogP contribution in [0.4, 0.5) is 11.4 Å². The summed E-state index contributed by atoms with van der Waals surface area (Å²) in [5, 5.41) is 2.53. The maximum absolute atomic E-state index is 13.7. The van der Waals surface area contributed by atoms with Crippen molar-refractivity contribution in [3.05, 3.63) is 101 Å². The van der Waals surface area contributed by atoms with E-state index in [1.165, 1.54) is 11.8 Å². The van der Waals surface area contributed by atoms with E-state index in [-0.39, 0.29) is 5.69 Å². The van der Waals surface area contributed by atoms with E-state index in [1.807, 2.05) is 55.1 Å². The lowest BCUT2D eigenvalue weighted by Crippen LogP contribution is -2.27. The highest BCUT2D eigenvalue weighted by Crippen LogP contribution is 2.27. The predicted octanol–water partition coefficient (Wildman–Crippen LogP) is 5.67. The van der Waals surface area contributed by atoms with Crippen LogP contribution in [0.5, 0.6) is 0 Å². The highest BCUT2D eigenvalue weighted by atomic mass is 32.2. The first-order valence-corrected chi connectivity index (χ1v) is 14.2. The second kappa shape index (κ2) is 11.2. The Morgan fingerprint density at radius 1 is 1.00 bits per heavy atom. The van der Waals surface area contributed by atoms with Crippen LogP contribution in [0.3, 0.4) is 0 Å². The Hall–Kier alpha value is -3.98. The molecule has 0 unspecified atom stereocenters. The molecule has 1 N–H and O–H groups in total. The molecule has 2 heterocycles. The van der Waals surface area contributed by atoms with Gasteiger partial charge in [-0.05, 0) is 54.2 Å². The van der Waals surface area contributed by atoms with Crippen LogP contribution in [0.25, 0.3) is 0 Å². The van der Waals surface area contributed by atoms with Gasteiger partial charge in [0.15, 0.2) is 5.69 Å². The number of rotatable bonds is 9. The van der Waals surface area contributed by atoms with Crippen LogP contribution < -0.4 is 10.2 Å². The molecule has 2 aromatic carbocycles. The number of aromatic nitrogens is 2. The number of sulfone groups is 1. The molecule has 4 rings (SSSR count). The molecule has 0 aliphatic heterocycles. The number of para-hydroxylation sites is 1. The SMILES string of the molecule is Cc1cccc(C)c1NC(=O)c1nc(S(C)(=O)=O)ncc1N(Cc1ccc(C(C)C)cc1)Cc1ccco1. The van der Waals surface area contributed by atoms with Gasteiger partial charge >= 0.3 is 0 Å². The molecular formula is C29H32N4O4S. The minimum Gasteiger partial charge on any atom is -0.467 e. The van der Waals surface area contributed by atoms with Gasteiger partial charge < -0.3 is 14.6 Å². The zero-order chi connectivity index (χ0) is 27.4. The molecule has 0 saturated heterocycles. The Labute approximate surface area is 223 Å². The lowest BCUT2D eigenvalue weighted by atomic mass is 10.0. The van der Waals surface area contributed by atoms with Gasteiger partial charge in [0.1, 0.15) is 5.76 Å². The number of carbonyl (C=O) groups is 1. The van der Waals surface area contributed by atoms with Gasteiger partial charge in [0.05, 0.1) is 24.7 Å². The van der Waals surface area contributed by atoms with E-state index in [2.05, 4.69) is 41.3 Å². The van der Waals surface area contributed by atoms with E-state index in [0.717, 1.165) is 22.9 Å². The van der Waals surface area contributed by atoms with Gasteiger partial charge in [0.25, 0.3) is 5.91 Å². The fraction of sp³-hybridized carbons (Fsp3) is 0.276. The lowest BCUT2D eigenvalue weighted by molar-refractivity contribution is 0.102. The van der Waals surface area contributed by atoms with Crippen molar-refractivity contribution in [3.8, 4) is 0 Å². The number of amides is 1. The van der Waals surface area contributed by atoms with Gasteiger partial charge in [-0.1, -0.05) is 56.3 Å². The van der Waals surface area contributed by atoms with Crippen LogP contribution in [0.1, 0.15) is 58.3 Å². The van der Waals surface area contributed by atoms with Crippen molar-refractivity contribution in [3.63, 3.8) is 0 Å². The number of hydrogen-bond acceptors (Lipinski definition) is 7. The molecule has 0 atom stereocenters. The van der Waals surface area contributed by atoms with Crippen LogP contribution in [0, 0.1) is 13.8 Å². The Morgan fingerprint density at radius 3 is 2.26 bits per heavy atom. The van der Waals surface area contributed by atoms with Crippen LogP contribution >= 0.6 is 0 Å². The van der Waals surface area contributed by atoms with Crippen molar-refractivity contribution >= 4 is 27.1 Å². The maximum atomic E-state index is 13.7. The average Bonchev–Trinajstić information content (AvgIpc) is 3.38. The third-order valence-corrected chi connectivity index (χ3v) is 7.16. The summed E-state index contributed by atoms with van der Waals surface area (Å²) in [6.07, 6.45) is 4.00. The molecule has 9 heteroatoms. The highest BCUT2D eigenvalue weighted by Gasteiger charge is 2.25. The zero-order valence-corrected chi connectivity index (χ0v) is 23.0. The van der Waals surface area contributed by atoms with Crippen LogP contribution in [0.2, 0.25) is 0 Å². The summed E-state index contributed by atoms with van der Waals surface area (Å²) in [5.41, 5.74) is 5.02. The Balaban J connectivity index is 1.79. The maximum Gasteiger partial charge on any atom is 0.276 e. The number of carbonyl (C=O) groups excluding carboxylic acids is 1. The van der Waals surface area contributed by atoms with Crippen molar-refractivity contribution in [2.45, 2.75) is 51.9 Å². The van der Waals surface area contributed by atoms with E-state index in [9.17, 15) is 13.2 Å². The summed E-state index contributed by atoms with van der Waals surface area (Å²) in [5.74, 6) is 0.557. The van der Waals surface area contributed by atoms with E-state index in [0.29, 0.717) is 36.1 Å². The summed E-state index contributed by atoms with van der Waals surface area (Å²) in [6.45, 7) is 8.82. The van der Waals surface area contributed by atoms with E-state index in [4.69, 9.17) is 4.42 Å². The highest BCUT2D eigenvalue weighted by molar-refractivity contribution is 7.90. The molecule has 198 valence electrons. The molecule has 8 nitrogen and oxygen atoms in total. The van der Waals surface area contributed by atoms with Crippen molar-refractivity contribution in [2.75, 3.05) is 16.5 Å². The van der Waals surface area contributed by atoms with Gasteiger partial charge in [0.2, 0.25) is 15.0 Å². The fourth-order valence-corrected chi connectivity index (χ4v) is 4.67. The standard InChI is InChI=1S/C29H32N4O4S/c1-19(2)23-13-11-22(12-14-23)17-33(18-24-10-7-15-37-24)25-16-30-29(38(5,35)36)32-27(25)28(34)31-26-20(3)8-6-9-21(26)4/h6-16,19H,17-18H2,1-5H3,(H,31,34). The smallest absolute Gasteiger partial charge is 0.276 e. The summed E-state index contributed by atoms with van der Waals surface area (Å²) in [7, 11) is -3.75.